The average Bonchev–Trinajstić information content (AvgIpc) is 3.44. The first-order chi connectivity index (χ1) is 38.5. The molecule has 0 saturated heterocycles. The van der Waals surface area contributed by atoms with Gasteiger partial charge in [-0.3, -0.25) is 14.4 Å². The van der Waals surface area contributed by atoms with Gasteiger partial charge in [0.15, 0.2) is 6.10 Å². The Morgan fingerprint density at radius 3 is 0.846 bits per heavy atom. The van der Waals surface area contributed by atoms with Crippen LogP contribution in [-0.4, -0.2) is 37.2 Å². The van der Waals surface area contributed by atoms with Crippen LogP contribution in [0.4, 0.5) is 0 Å². The van der Waals surface area contributed by atoms with Gasteiger partial charge in [0.05, 0.1) is 0 Å². The van der Waals surface area contributed by atoms with Crippen LogP contribution in [0, 0.1) is 0 Å². The molecule has 1 atom stereocenters. The summed E-state index contributed by atoms with van der Waals surface area (Å²) in [5.74, 6) is -0.995. The smallest absolute Gasteiger partial charge is 0.306 e. The fourth-order valence-corrected chi connectivity index (χ4v) is 8.89. The van der Waals surface area contributed by atoms with E-state index in [1.807, 2.05) is 12.2 Å². The third-order valence-electron chi connectivity index (χ3n) is 13.7. The lowest BCUT2D eigenvalue weighted by molar-refractivity contribution is -0.166. The highest BCUT2D eigenvalue weighted by Gasteiger charge is 2.19. The number of ether oxygens (including phenoxy) is 3. The fourth-order valence-electron chi connectivity index (χ4n) is 8.89. The van der Waals surface area contributed by atoms with Gasteiger partial charge in [-0.2, -0.15) is 0 Å². The zero-order chi connectivity index (χ0) is 56.4. The standard InChI is InChI=1S/C72H120O6/c1-4-7-10-13-16-19-22-25-26-27-28-29-30-31-32-33-34-35-36-37-38-39-40-41-42-43-44-45-46-48-50-53-56-59-62-65-71(74)77-68-69(67-76-70(73)64-61-58-55-52-49-24-21-18-15-12-9-6-3)78-72(75)66-63-60-57-54-51-47-23-20-17-14-11-8-5-2/h7-8,10-11,16-21,25-26,28-29,31-32,47,51,57,60,69H,4-6,9,12-15,22-24,27,30,33-46,48-50,52-56,58-59,61-68H2,1-3H3/b10-7-,11-8-,19-16-,20-17-,21-18-,26-25-,29-28-,32-31-,51-47-,60-57-. The summed E-state index contributed by atoms with van der Waals surface area (Å²) >= 11 is 0. The number of hydrogen-bond donors (Lipinski definition) is 0. The Labute approximate surface area is 482 Å². The Balaban J connectivity index is 4.11. The number of carbonyl (C=O) groups excluding carboxylic acids is 3. The molecular weight excluding hydrogens is 961 g/mol. The van der Waals surface area contributed by atoms with E-state index in [1.165, 1.54) is 141 Å². The second-order valence-electron chi connectivity index (χ2n) is 21.3. The van der Waals surface area contributed by atoms with Gasteiger partial charge in [-0.1, -0.05) is 284 Å². The maximum atomic E-state index is 12.8. The first-order valence-electron chi connectivity index (χ1n) is 32.5. The number of allylic oxidation sites excluding steroid dienone is 20. The van der Waals surface area contributed by atoms with E-state index in [0.29, 0.717) is 19.3 Å². The van der Waals surface area contributed by atoms with Crippen LogP contribution in [0.5, 0.6) is 0 Å². The third-order valence-corrected chi connectivity index (χ3v) is 13.7. The second-order valence-corrected chi connectivity index (χ2v) is 21.3. The predicted octanol–water partition coefficient (Wildman–Crippen LogP) is 22.4. The molecule has 78 heavy (non-hydrogen) atoms. The van der Waals surface area contributed by atoms with Gasteiger partial charge in [-0.25, -0.2) is 0 Å². The molecule has 0 aromatic carbocycles. The van der Waals surface area contributed by atoms with Crippen LogP contribution in [0.25, 0.3) is 0 Å². The summed E-state index contributed by atoms with van der Waals surface area (Å²) in [7, 11) is 0. The average molecular weight is 1080 g/mol. The van der Waals surface area contributed by atoms with Crippen LogP contribution in [0.2, 0.25) is 0 Å². The molecule has 444 valence electrons. The van der Waals surface area contributed by atoms with Crippen LogP contribution < -0.4 is 0 Å². The molecule has 1 unspecified atom stereocenters. The molecule has 0 spiro atoms. The Morgan fingerprint density at radius 2 is 0.526 bits per heavy atom. The van der Waals surface area contributed by atoms with Crippen molar-refractivity contribution in [1.29, 1.82) is 0 Å². The fraction of sp³-hybridized carbons (Fsp3) is 0.681. The molecule has 0 N–H and O–H groups in total. The van der Waals surface area contributed by atoms with Crippen molar-refractivity contribution < 1.29 is 28.6 Å². The maximum absolute atomic E-state index is 12.8. The first-order valence-corrected chi connectivity index (χ1v) is 32.5. The highest BCUT2D eigenvalue weighted by molar-refractivity contribution is 5.71. The molecule has 0 saturated carbocycles. The molecule has 0 fully saturated rings. The number of hydrogen-bond acceptors (Lipinski definition) is 6. The summed E-state index contributed by atoms with van der Waals surface area (Å²) < 4.78 is 16.8. The normalized spacial score (nSPS) is 12.9. The van der Waals surface area contributed by atoms with Gasteiger partial charge in [0.2, 0.25) is 0 Å². The van der Waals surface area contributed by atoms with Crippen molar-refractivity contribution in [2.75, 3.05) is 13.2 Å². The minimum absolute atomic E-state index is 0.108. The highest BCUT2D eigenvalue weighted by atomic mass is 16.6. The van der Waals surface area contributed by atoms with E-state index in [4.69, 9.17) is 14.2 Å². The van der Waals surface area contributed by atoms with Crippen molar-refractivity contribution in [2.45, 2.75) is 303 Å². The summed E-state index contributed by atoms with van der Waals surface area (Å²) in [5, 5.41) is 0. The van der Waals surface area contributed by atoms with Crippen molar-refractivity contribution in [3.8, 4) is 0 Å². The molecule has 0 aliphatic heterocycles. The molecular formula is C72H120O6. The van der Waals surface area contributed by atoms with Crippen molar-refractivity contribution in [1.82, 2.24) is 0 Å². The topological polar surface area (TPSA) is 78.9 Å². The van der Waals surface area contributed by atoms with Gasteiger partial charge in [-0.15, -0.1) is 0 Å². The monoisotopic (exact) mass is 1080 g/mol. The Kier molecular flexibility index (Phi) is 61.8. The van der Waals surface area contributed by atoms with E-state index < -0.39 is 12.1 Å². The van der Waals surface area contributed by atoms with Crippen molar-refractivity contribution in [3.63, 3.8) is 0 Å². The Hall–Kier alpha value is -4.19. The highest BCUT2D eigenvalue weighted by Crippen LogP contribution is 2.16. The van der Waals surface area contributed by atoms with Crippen molar-refractivity contribution in [2.24, 2.45) is 0 Å². The molecule has 0 aromatic rings. The van der Waals surface area contributed by atoms with Gasteiger partial charge in [-0.05, 0) is 116 Å². The van der Waals surface area contributed by atoms with Gasteiger partial charge < -0.3 is 14.2 Å². The lowest BCUT2D eigenvalue weighted by atomic mass is 10.0. The summed E-state index contributed by atoms with van der Waals surface area (Å²) in [6, 6.07) is 0. The number of esters is 3. The molecule has 0 heterocycles. The van der Waals surface area contributed by atoms with Gasteiger partial charge in [0, 0.05) is 19.3 Å². The van der Waals surface area contributed by atoms with E-state index >= 15 is 0 Å². The summed E-state index contributed by atoms with van der Waals surface area (Å²) in [5.41, 5.74) is 0. The van der Waals surface area contributed by atoms with E-state index in [-0.39, 0.29) is 31.6 Å². The molecule has 0 aromatic heterocycles. The summed E-state index contributed by atoms with van der Waals surface area (Å²) in [6.45, 7) is 6.33. The number of rotatable bonds is 58. The van der Waals surface area contributed by atoms with Crippen LogP contribution in [0.3, 0.4) is 0 Å². The zero-order valence-corrected chi connectivity index (χ0v) is 50.9. The molecule has 0 aliphatic rings. The molecule has 6 heteroatoms. The van der Waals surface area contributed by atoms with E-state index in [9.17, 15) is 14.4 Å². The second kappa shape index (κ2) is 65.3. The van der Waals surface area contributed by atoms with E-state index in [1.54, 1.807) is 0 Å². The number of unbranched alkanes of at least 4 members (excludes halogenated alkanes) is 27. The summed E-state index contributed by atoms with van der Waals surface area (Å²) in [4.78, 5) is 38.1. The SMILES string of the molecule is CC/C=C\C/C=C\C/C=C\C/C=C\C/C=C\CCCCCCCCCCCCCCCCCCCCCC(=O)OCC(COC(=O)CCCCCCC/C=C\CCCCC)OC(=O)CC/C=C\C/C=C\C/C=C\C/C=C\CC. The minimum atomic E-state index is -0.819. The van der Waals surface area contributed by atoms with Crippen molar-refractivity contribution in [3.05, 3.63) is 122 Å². The van der Waals surface area contributed by atoms with Crippen LogP contribution in [0.1, 0.15) is 297 Å². The molecule has 0 aliphatic carbocycles. The lowest BCUT2D eigenvalue weighted by Gasteiger charge is -2.18. The van der Waals surface area contributed by atoms with Gasteiger partial charge in [0.25, 0.3) is 0 Å². The Morgan fingerprint density at radius 1 is 0.269 bits per heavy atom. The largest absolute Gasteiger partial charge is 0.462 e. The van der Waals surface area contributed by atoms with Crippen LogP contribution in [0.15, 0.2) is 122 Å². The molecule has 0 rings (SSSR count). The van der Waals surface area contributed by atoms with Crippen LogP contribution in [-0.2, 0) is 28.6 Å². The van der Waals surface area contributed by atoms with E-state index in [2.05, 4.69) is 130 Å². The minimum Gasteiger partial charge on any atom is -0.462 e. The molecule has 0 bridgehead atoms. The molecule has 0 amide bonds. The lowest BCUT2D eigenvalue weighted by Crippen LogP contribution is -2.30. The predicted molar refractivity (Wildman–Crippen MR) is 339 cm³/mol. The third kappa shape index (κ3) is 62.7. The van der Waals surface area contributed by atoms with Crippen LogP contribution >= 0.6 is 0 Å². The maximum Gasteiger partial charge on any atom is 0.306 e. The molecule has 6 nitrogen and oxygen atoms in total. The summed E-state index contributed by atoms with van der Waals surface area (Å²) in [6.07, 6.45) is 91.1. The van der Waals surface area contributed by atoms with Gasteiger partial charge >= 0.3 is 17.9 Å². The Bertz CT molecular complexity index is 1620. The van der Waals surface area contributed by atoms with Gasteiger partial charge in [0.1, 0.15) is 13.2 Å². The number of carbonyl (C=O) groups is 3. The zero-order valence-electron chi connectivity index (χ0n) is 50.9. The molecule has 0 radical (unpaired) electrons. The first kappa shape index (κ1) is 73.8. The van der Waals surface area contributed by atoms with Crippen molar-refractivity contribution >= 4 is 17.9 Å². The van der Waals surface area contributed by atoms with E-state index in [0.717, 1.165) is 109 Å². The quantitative estimate of drug-likeness (QED) is 0.0261.